The molecule has 2 aliphatic rings. The Hall–Kier alpha value is -2.54. The van der Waals surface area contributed by atoms with Crippen LogP contribution < -0.4 is 10.1 Å². The van der Waals surface area contributed by atoms with Crippen molar-refractivity contribution in [2.75, 3.05) is 6.61 Å². The zero-order valence-corrected chi connectivity index (χ0v) is 19.7. The number of thiophene rings is 1. The lowest BCUT2D eigenvalue weighted by Crippen LogP contribution is -2.32. The maximum absolute atomic E-state index is 13.7. The largest absolute Gasteiger partial charge is 0.493 e. The molecule has 0 radical (unpaired) electrons. The molecule has 1 saturated carbocycles. The van der Waals surface area contributed by atoms with Crippen LogP contribution in [0.5, 0.6) is 5.75 Å². The highest BCUT2D eigenvalue weighted by molar-refractivity contribution is 7.21. The second-order valence-electron chi connectivity index (χ2n) is 9.41. The van der Waals surface area contributed by atoms with E-state index in [1.807, 2.05) is 30.3 Å². The molecule has 1 aliphatic heterocycles. The number of hydrogen-bond acceptors (Lipinski definition) is 4. The number of fused-ring (bicyclic) bond motifs is 2. The number of hydrogen-bond donors (Lipinski definition) is 1. The van der Waals surface area contributed by atoms with Gasteiger partial charge in [-0.15, -0.1) is 11.3 Å². The molecule has 1 aromatic carbocycles. The summed E-state index contributed by atoms with van der Waals surface area (Å²) in [6, 6.07) is 9.65. The number of alkyl halides is 2. The monoisotopic (exact) mass is 470 g/mol. The molecule has 3 heterocycles. The third-order valence-electron chi connectivity index (χ3n) is 6.84. The van der Waals surface area contributed by atoms with Crippen molar-refractivity contribution in [3.05, 3.63) is 58.1 Å². The quantitative estimate of drug-likeness (QED) is 0.448. The predicted octanol–water partition coefficient (Wildman–Crippen LogP) is 6.97. The van der Waals surface area contributed by atoms with E-state index in [9.17, 15) is 13.6 Å². The average Bonchev–Trinajstić information content (AvgIpc) is 3.20. The number of carbonyl (C=O) groups is 1. The number of halogens is 2. The van der Waals surface area contributed by atoms with Crippen molar-refractivity contribution in [1.82, 2.24) is 10.3 Å². The maximum atomic E-state index is 13.7. The highest BCUT2D eigenvalue weighted by Crippen LogP contribution is 2.45. The van der Waals surface area contributed by atoms with Gasteiger partial charge < -0.3 is 10.1 Å². The molecule has 1 N–H and O–H groups in total. The van der Waals surface area contributed by atoms with Crippen molar-refractivity contribution < 1.29 is 18.3 Å². The summed E-state index contributed by atoms with van der Waals surface area (Å²) in [7, 11) is 0. The Morgan fingerprint density at radius 2 is 1.91 bits per heavy atom. The normalized spacial score (nSPS) is 20.5. The molecule has 0 spiro atoms. The minimum Gasteiger partial charge on any atom is -0.493 e. The van der Waals surface area contributed by atoms with E-state index >= 15 is 0 Å². The van der Waals surface area contributed by atoms with Crippen LogP contribution in [-0.2, 0) is 0 Å². The highest BCUT2D eigenvalue weighted by atomic mass is 32.1. The van der Waals surface area contributed by atoms with Crippen LogP contribution in [0.3, 0.4) is 0 Å². The first-order chi connectivity index (χ1) is 15.8. The predicted molar refractivity (Wildman–Crippen MR) is 127 cm³/mol. The minimum atomic E-state index is -2.56. The molecular formula is C26H28F2N2O2S. The molecule has 1 amide bonds. The van der Waals surface area contributed by atoms with Gasteiger partial charge in [-0.3, -0.25) is 9.78 Å². The van der Waals surface area contributed by atoms with Gasteiger partial charge in [-0.05, 0) is 42.4 Å². The molecule has 0 saturated heterocycles. The fourth-order valence-electron chi connectivity index (χ4n) is 5.12. The zero-order chi connectivity index (χ0) is 23.2. The number of nitrogens with zero attached hydrogens (tertiary/aromatic N) is 1. The van der Waals surface area contributed by atoms with Gasteiger partial charge in [0.1, 0.15) is 5.75 Å². The van der Waals surface area contributed by atoms with Crippen LogP contribution in [0.15, 0.2) is 36.5 Å². The minimum absolute atomic E-state index is 0.0760. The molecule has 2 aromatic heterocycles. The summed E-state index contributed by atoms with van der Waals surface area (Å²) in [5, 5.41) is 3.22. The van der Waals surface area contributed by atoms with Crippen molar-refractivity contribution in [2.24, 2.45) is 0 Å². The second-order valence-corrected chi connectivity index (χ2v) is 10.4. The topological polar surface area (TPSA) is 51.2 Å². The van der Waals surface area contributed by atoms with E-state index in [4.69, 9.17) is 4.74 Å². The van der Waals surface area contributed by atoms with Gasteiger partial charge in [-0.25, -0.2) is 8.78 Å². The van der Waals surface area contributed by atoms with Crippen LogP contribution in [0, 0.1) is 0 Å². The Morgan fingerprint density at radius 3 is 2.67 bits per heavy atom. The van der Waals surface area contributed by atoms with Crippen LogP contribution in [0.4, 0.5) is 8.78 Å². The highest BCUT2D eigenvalue weighted by Gasteiger charge is 2.36. The van der Waals surface area contributed by atoms with Gasteiger partial charge in [-0.1, -0.05) is 32.0 Å². The lowest BCUT2D eigenvalue weighted by Gasteiger charge is -2.28. The van der Waals surface area contributed by atoms with E-state index in [2.05, 4.69) is 24.1 Å². The number of para-hydroxylation sites is 1. The lowest BCUT2D eigenvalue weighted by atomic mass is 9.82. The van der Waals surface area contributed by atoms with Crippen molar-refractivity contribution in [2.45, 2.75) is 69.8 Å². The van der Waals surface area contributed by atoms with E-state index in [1.54, 1.807) is 6.20 Å². The summed E-state index contributed by atoms with van der Waals surface area (Å²) in [6.45, 7) is 4.69. The molecule has 174 valence electrons. The molecule has 3 aromatic rings. The molecule has 33 heavy (non-hydrogen) atoms. The first-order valence-electron chi connectivity index (χ1n) is 11.7. The molecule has 7 heteroatoms. The Labute approximate surface area is 196 Å². The number of ether oxygens (including phenoxy) is 1. The number of benzene rings is 1. The van der Waals surface area contributed by atoms with Gasteiger partial charge in [0.15, 0.2) is 0 Å². The number of rotatable bonds is 4. The van der Waals surface area contributed by atoms with Crippen molar-refractivity contribution in [1.29, 1.82) is 0 Å². The Balaban J connectivity index is 1.50. The lowest BCUT2D eigenvalue weighted by molar-refractivity contribution is -0.0381. The Kier molecular flexibility index (Phi) is 5.85. The second kappa shape index (κ2) is 8.67. The molecule has 0 unspecified atom stereocenters. The summed E-state index contributed by atoms with van der Waals surface area (Å²) in [6.07, 6.45) is 3.23. The van der Waals surface area contributed by atoms with Crippen molar-refractivity contribution in [3.8, 4) is 5.75 Å². The molecule has 4 nitrogen and oxygen atoms in total. The number of aromatic nitrogens is 1. The van der Waals surface area contributed by atoms with Crippen LogP contribution >= 0.6 is 11.3 Å². The molecule has 1 aliphatic carbocycles. The summed E-state index contributed by atoms with van der Waals surface area (Å²) in [5.41, 5.74) is 3.82. The van der Waals surface area contributed by atoms with Crippen molar-refractivity contribution in [3.63, 3.8) is 0 Å². The van der Waals surface area contributed by atoms with Crippen LogP contribution in [0.25, 0.3) is 10.2 Å². The van der Waals surface area contributed by atoms with E-state index < -0.39 is 5.92 Å². The summed E-state index contributed by atoms with van der Waals surface area (Å²) >= 11 is 1.46. The number of amides is 1. The van der Waals surface area contributed by atoms with Gasteiger partial charge in [0.25, 0.3) is 5.91 Å². The standard InChI is InChI=1S/C26H28F2N2O2S/c1-15(2)21-22-23(17(9-13-29-22)16-7-11-26(27,28)12-8-16)33-24(21)25(31)30-19-10-14-32-20-6-4-3-5-18(19)20/h3-6,9,13,15-16,19H,7-8,10-12,14H2,1-2H3,(H,30,31)/t19-/m0/s1. The number of pyridine rings is 1. The van der Waals surface area contributed by atoms with E-state index in [0.717, 1.165) is 32.7 Å². The fraction of sp³-hybridized carbons (Fsp3) is 0.462. The first kappa shape index (κ1) is 22.3. The van der Waals surface area contributed by atoms with E-state index in [-0.39, 0.29) is 36.6 Å². The van der Waals surface area contributed by atoms with Gasteiger partial charge in [-0.2, -0.15) is 0 Å². The van der Waals surface area contributed by atoms with Gasteiger partial charge >= 0.3 is 0 Å². The smallest absolute Gasteiger partial charge is 0.262 e. The van der Waals surface area contributed by atoms with E-state index in [1.165, 1.54) is 11.3 Å². The fourth-order valence-corrected chi connectivity index (χ4v) is 6.53. The summed E-state index contributed by atoms with van der Waals surface area (Å²) < 4.78 is 34.2. The van der Waals surface area contributed by atoms with Gasteiger partial charge in [0.2, 0.25) is 5.92 Å². The molecule has 5 rings (SSSR count). The Morgan fingerprint density at radius 1 is 1.15 bits per heavy atom. The number of carbonyl (C=O) groups excluding carboxylic acids is 1. The number of nitrogens with one attached hydrogen (secondary N) is 1. The Bertz CT molecular complexity index is 1180. The summed E-state index contributed by atoms with van der Waals surface area (Å²) in [5.74, 6) is -1.67. The van der Waals surface area contributed by atoms with Gasteiger partial charge in [0, 0.05) is 36.6 Å². The zero-order valence-electron chi connectivity index (χ0n) is 18.9. The molecule has 1 fully saturated rings. The van der Waals surface area contributed by atoms with E-state index in [0.29, 0.717) is 30.7 Å². The first-order valence-corrected chi connectivity index (χ1v) is 12.5. The van der Waals surface area contributed by atoms with Crippen LogP contribution in [0.1, 0.15) is 90.2 Å². The molecule has 0 bridgehead atoms. The van der Waals surface area contributed by atoms with Crippen LogP contribution in [-0.4, -0.2) is 23.4 Å². The van der Waals surface area contributed by atoms with Crippen molar-refractivity contribution >= 4 is 27.5 Å². The van der Waals surface area contributed by atoms with Crippen LogP contribution in [0.2, 0.25) is 0 Å². The SMILES string of the molecule is CC(C)c1c(C(=O)N[C@H]2CCOc3ccccc32)sc2c(C3CCC(F)(F)CC3)ccnc12. The maximum Gasteiger partial charge on any atom is 0.262 e. The average molecular weight is 471 g/mol. The third kappa shape index (κ3) is 4.23. The summed E-state index contributed by atoms with van der Waals surface area (Å²) in [4.78, 5) is 18.8. The third-order valence-corrected chi connectivity index (χ3v) is 8.09. The molecular weight excluding hydrogens is 442 g/mol. The molecule has 1 atom stereocenters. The van der Waals surface area contributed by atoms with Gasteiger partial charge in [0.05, 0.1) is 27.7 Å².